The summed E-state index contributed by atoms with van der Waals surface area (Å²) in [5, 5.41) is 38.7. The quantitative estimate of drug-likeness (QED) is 0.518. The maximum atomic E-state index is 13.1. The summed E-state index contributed by atoms with van der Waals surface area (Å²) < 4.78 is 78.4. The van der Waals surface area contributed by atoms with Crippen molar-refractivity contribution < 1.29 is 41.6 Å². The zero-order valence-electron chi connectivity index (χ0n) is 12.7. The van der Waals surface area contributed by atoms with E-state index >= 15 is 0 Å². The number of anilines is 3. The van der Waals surface area contributed by atoms with E-state index in [1.165, 1.54) is 5.32 Å². The summed E-state index contributed by atoms with van der Waals surface area (Å²) in [6, 6.07) is 1.61. The van der Waals surface area contributed by atoms with E-state index in [-0.39, 0.29) is 0 Å². The Morgan fingerprint density at radius 3 is 1.96 bits per heavy atom. The standard InChI is InChI=1S/C12H11F6N3O5/c1-2-10(11(13,14)15,12(16,17)18)9(22)19-7-4-3-6(20(23)24)5-8(7)21(25)26/h3-5,25-26H,2H2,1H3,(H,19,22)/q-2. The molecule has 0 heterocycles. The minimum Gasteiger partial charge on any atom is -0.769 e. The van der Waals surface area contributed by atoms with Crippen LogP contribution in [0.5, 0.6) is 0 Å². The summed E-state index contributed by atoms with van der Waals surface area (Å²) in [5.41, 5.74) is -7.47. The lowest BCUT2D eigenvalue weighted by molar-refractivity contribution is -0.324. The number of rotatable bonds is 5. The zero-order chi connectivity index (χ0) is 20.5. The van der Waals surface area contributed by atoms with E-state index in [9.17, 15) is 41.6 Å². The molecule has 0 atom stereocenters. The summed E-state index contributed by atoms with van der Waals surface area (Å²) in [6.07, 6.45) is -13.7. The molecule has 0 aromatic heterocycles. The van der Waals surface area contributed by atoms with Crippen LogP contribution in [0.1, 0.15) is 13.3 Å². The third-order valence-corrected chi connectivity index (χ3v) is 3.54. The molecule has 0 saturated carbocycles. The number of halogens is 6. The van der Waals surface area contributed by atoms with Crippen molar-refractivity contribution in [3.05, 3.63) is 28.6 Å². The maximum absolute atomic E-state index is 13.1. The van der Waals surface area contributed by atoms with Gasteiger partial charge in [0, 0.05) is 5.69 Å². The van der Waals surface area contributed by atoms with Crippen molar-refractivity contribution in [2.24, 2.45) is 5.41 Å². The molecule has 0 saturated heterocycles. The Kier molecular flexibility index (Phi) is 5.98. The van der Waals surface area contributed by atoms with Gasteiger partial charge in [0.25, 0.3) is 0 Å². The van der Waals surface area contributed by atoms with Crippen LogP contribution in [0.25, 0.3) is 0 Å². The van der Waals surface area contributed by atoms with Gasteiger partial charge in [-0.1, -0.05) is 6.92 Å². The molecule has 0 bridgehead atoms. The van der Waals surface area contributed by atoms with Crippen LogP contribution in [0.15, 0.2) is 18.2 Å². The lowest BCUT2D eigenvalue weighted by Crippen LogP contribution is -2.57. The topological polar surface area (TPSA) is 122 Å². The monoisotopic (exact) mass is 391 g/mol. The fourth-order valence-corrected chi connectivity index (χ4v) is 2.11. The van der Waals surface area contributed by atoms with E-state index in [1.54, 1.807) is 0 Å². The van der Waals surface area contributed by atoms with Gasteiger partial charge in [-0.25, -0.2) is 0 Å². The van der Waals surface area contributed by atoms with Gasteiger partial charge in [-0.15, -0.1) is 5.23 Å². The second-order valence-corrected chi connectivity index (χ2v) is 4.96. The first-order chi connectivity index (χ1) is 11.7. The SMILES string of the molecule is CCC(C(=O)Nc1ccc(N([O-])[O-])cc1N(O)O)(C(F)(F)F)C(F)(F)F. The molecule has 0 aliphatic carbocycles. The van der Waals surface area contributed by atoms with Crippen LogP contribution in [0.2, 0.25) is 0 Å². The predicted octanol–water partition coefficient (Wildman–Crippen LogP) is 3.53. The fourth-order valence-electron chi connectivity index (χ4n) is 2.11. The van der Waals surface area contributed by atoms with E-state index in [4.69, 9.17) is 10.4 Å². The molecule has 3 N–H and O–H groups in total. The molecule has 0 fully saturated rings. The van der Waals surface area contributed by atoms with Crippen LogP contribution < -0.4 is 15.8 Å². The molecule has 0 radical (unpaired) electrons. The molecule has 14 heteroatoms. The highest BCUT2D eigenvalue weighted by Crippen LogP contribution is 2.53. The molecule has 1 amide bonds. The third kappa shape index (κ3) is 3.77. The van der Waals surface area contributed by atoms with Crippen molar-refractivity contribution in [3.63, 3.8) is 0 Å². The van der Waals surface area contributed by atoms with Crippen LogP contribution in [0, 0.1) is 15.8 Å². The molecule has 0 aliphatic rings. The van der Waals surface area contributed by atoms with Gasteiger partial charge in [0.1, 0.15) is 5.69 Å². The van der Waals surface area contributed by atoms with Gasteiger partial charge in [0.05, 0.1) is 5.69 Å². The molecule has 1 aromatic carbocycles. The number of carbonyl (C=O) groups is 1. The summed E-state index contributed by atoms with van der Waals surface area (Å²) >= 11 is 0. The van der Waals surface area contributed by atoms with E-state index in [0.29, 0.717) is 25.1 Å². The molecular formula is C12H11F6N3O5-2. The average molecular weight is 391 g/mol. The number of nitrogens with one attached hydrogen (secondary N) is 1. The Hall–Kier alpha value is -2.29. The number of hydrogen-bond donors (Lipinski definition) is 3. The van der Waals surface area contributed by atoms with Crippen LogP contribution in [0.4, 0.5) is 43.4 Å². The Balaban J connectivity index is 3.43. The van der Waals surface area contributed by atoms with Gasteiger partial charge >= 0.3 is 12.4 Å². The highest BCUT2D eigenvalue weighted by Gasteiger charge is 2.74. The number of amides is 1. The van der Waals surface area contributed by atoms with Crippen molar-refractivity contribution >= 4 is 23.0 Å². The number of nitrogens with zero attached hydrogens (tertiary/aromatic N) is 2. The second kappa shape index (κ2) is 7.14. The van der Waals surface area contributed by atoms with Crippen molar-refractivity contribution in [3.8, 4) is 0 Å². The van der Waals surface area contributed by atoms with E-state index in [1.807, 2.05) is 0 Å². The lowest BCUT2D eigenvalue weighted by atomic mass is 9.82. The van der Waals surface area contributed by atoms with Gasteiger partial charge in [-0.2, -0.15) is 26.3 Å². The smallest absolute Gasteiger partial charge is 0.412 e. The Morgan fingerprint density at radius 1 is 1.12 bits per heavy atom. The number of benzene rings is 1. The van der Waals surface area contributed by atoms with E-state index < -0.39 is 57.6 Å². The molecule has 1 rings (SSSR count). The van der Waals surface area contributed by atoms with Crippen molar-refractivity contribution in [1.29, 1.82) is 0 Å². The molecule has 1 aromatic rings. The zero-order valence-corrected chi connectivity index (χ0v) is 12.7. The first kappa shape index (κ1) is 21.8. The summed E-state index contributed by atoms with van der Waals surface area (Å²) in [5.74, 6) is -2.53. The minimum atomic E-state index is -6.01. The highest BCUT2D eigenvalue weighted by atomic mass is 19.4. The highest BCUT2D eigenvalue weighted by molar-refractivity contribution is 5.99. The number of carbonyl (C=O) groups excluding carboxylic acids is 1. The molecule has 26 heavy (non-hydrogen) atoms. The molecule has 0 unspecified atom stereocenters. The van der Waals surface area contributed by atoms with Gasteiger partial charge in [-0.05, 0) is 24.6 Å². The van der Waals surface area contributed by atoms with E-state index in [2.05, 4.69) is 0 Å². The minimum absolute atomic E-state index is 0.421. The molecule has 0 spiro atoms. The van der Waals surface area contributed by atoms with Gasteiger partial charge < -0.3 is 21.0 Å². The van der Waals surface area contributed by atoms with E-state index in [0.717, 1.165) is 0 Å². The third-order valence-electron chi connectivity index (χ3n) is 3.54. The lowest BCUT2D eigenvalue weighted by Gasteiger charge is -2.38. The summed E-state index contributed by atoms with van der Waals surface area (Å²) in [6.45, 7) is 0.502. The molecule has 0 aliphatic heterocycles. The van der Waals surface area contributed by atoms with Crippen molar-refractivity contribution in [2.75, 3.05) is 15.8 Å². The normalized spacial score (nSPS) is 12.7. The first-order valence-electron chi connectivity index (χ1n) is 6.60. The van der Waals surface area contributed by atoms with Crippen LogP contribution in [-0.4, -0.2) is 28.7 Å². The number of alkyl halides is 6. The van der Waals surface area contributed by atoms with Gasteiger partial charge in [0.2, 0.25) is 11.3 Å². The largest absolute Gasteiger partial charge is 0.769 e. The van der Waals surface area contributed by atoms with Crippen molar-refractivity contribution in [1.82, 2.24) is 0 Å². The van der Waals surface area contributed by atoms with Crippen LogP contribution in [0.3, 0.4) is 0 Å². The number of hydrogen-bond acceptors (Lipinski definition) is 7. The average Bonchev–Trinajstić information content (AvgIpc) is 2.45. The molecule has 148 valence electrons. The fraction of sp³-hybridized carbons (Fsp3) is 0.417. The predicted molar refractivity (Wildman–Crippen MR) is 75.2 cm³/mol. The molecular weight excluding hydrogens is 380 g/mol. The summed E-state index contributed by atoms with van der Waals surface area (Å²) in [4.78, 5) is 11.9. The van der Waals surface area contributed by atoms with Gasteiger partial charge in [-0.3, -0.25) is 15.2 Å². The second-order valence-electron chi connectivity index (χ2n) is 4.96. The van der Waals surface area contributed by atoms with Crippen LogP contribution in [-0.2, 0) is 4.79 Å². The Morgan fingerprint density at radius 2 is 1.62 bits per heavy atom. The maximum Gasteiger partial charge on any atom is 0.412 e. The van der Waals surface area contributed by atoms with Crippen molar-refractivity contribution in [2.45, 2.75) is 25.7 Å². The molecule has 8 nitrogen and oxygen atoms in total. The Bertz CT molecular complexity index is 648. The van der Waals surface area contributed by atoms with Crippen LogP contribution >= 0.6 is 0 Å². The Labute approximate surface area is 141 Å². The van der Waals surface area contributed by atoms with Gasteiger partial charge in [0.15, 0.2) is 0 Å². The first-order valence-corrected chi connectivity index (χ1v) is 6.60. The summed E-state index contributed by atoms with van der Waals surface area (Å²) in [7, 11) is 0.